The molecule has 3 rings (SSSR count). The van der Waals surface area contributed by atoms with Crippen molar-refractivity contribution in [1.29, 1.82) is 0 Å². The van der Waals surface area contributed by atoms with Gasteiger partial charge in [0.15, 0.2) is 0 Å². The van der Waals surface area contributed by atoms with Gasteiger partial charge in [0.2, 0.25) is 11.6 Å². The number of carbonyl (C=O) groups is 1. The minimum Gasteiger partial charge on any atom is -0.478 e. The predicted octanol–water partition coefficient (Wildman–Crippen LogP) is 5.14. The number of aromatic nitrogens is 3. The first kappa shape index (κ1) is 24.6. The molecular formula is C26H33N3O4. The van der Waals surface area contributed by atoms with Gasteiger partial charge in [-0.25, -0.2) is 14.5 Å². The number of methoxy groups -OCH3 is 2. The summed E-state index contributed by atoms with van der Waals surface area (Å²) in [6.07, 6.45) is 2.12. The van der Waals surface area contributed by atoms with E-state index >= 15 is 0 Å². The maximum atomic E-state index is 11.6. The van der Waals surface area contributed by atoms with Crippen molar-refractivity contribution in [2.75, 3.05) is 14.2 Å². The van der Waals surface area contributed by atoms with Gasteiger partial charge < -0.3 is 14.6 Å². The first-order valence-electron chi connectivity index (χ1n) is 11.3. The number of benzene rings is 2. The zero-order valence-corrected chi connectivity index (χ0v) is 20.0. The minimum absolute atomic E-state index is 0.290. The Hall–Kier alpha value is -3.03. The van der Waals surface area contributed by atoms with Gasteiger partial charge in [-0.3, -0.25) is 0 Å². The molecule has 0 atom stereocenters. The molecule has 33 heavy (non-hydrogen) atoms. The number of aromatic carboxylic acids is 1. The average molecular weight is 452 g/mol. The van der Waals surface area contributed by atoms with Gasteiger partial charge in [0.25, 0.3) is 0 Å². The normalized spacial score (nSPS) is 11.8. The van der Waals surface area contributed by atoms with E-state index in [0.29, 0.717) is 30.1 Å². The molecule has 176 valence electrons. The van der Waals surface area contributed by atoms with E-state index in [1.807, 2.05) is 41.1 Å². The summed E-state index contributed by atoms with van der Waals surface area (Å²) in [5.41, 5.74) is 2.91. The van der Waals surface area contributed by atoms with Gasteiger partial charge in [-0.05, 0) is 28.7 Å². The van der Waals surface area contributed by atoms with Crippen LogP contribution in [0.1, 0.15) is 61.2 Å². The molecule has 2 aromatic carbocycles. The van der Waals surface area contributed by atoms with Gasteiger partial charge in [-0.1, -0.05) is 69.7 Å². The maximum Gasteiger partial charge on any atom is 0.336 e. The van der Waals surface area contributed by atoms with Crippen molar-refractivity contribution in [1.82, 2.24) is 14.8 Å². The van der Waals surface area contributed by atoms with Crippen LogP contribution in [-0.4, -0.2) is 40.1 Å². The molecule has 1 aromatic heterocycles. The molecule has 0 bridgehead atoms. The van der Waals surface area contributed by atoms with Crippen molar-refractivity contribution in [3.05, 3.63) is 71.3 Å². The zero-order chi connectivity index (χ0) is 24.0. The molecule has 0 aliphatic carbocycles. The van der Waals surface area contributed by atoms with Crippen LogP contribution in [0.25, 0.3) is 11.1 Å². The van der Waals surface area contributed by atoms with Crippen LogP contribution in [0.5, 0.6) is 0 Å². The van der Waals surface area contributed by atoms with Crippen molar-refractivity contribution in [2.24, 2.45) is 5.92 Å². The Labute approximate surface area is 195 Å². The molecule has 3 aromatic rings. The van der Waals surface area contributed by atoms with E-state index in [-0.39, 0.29) is 5.56 Å². The van der Waals surface area contributed by atoms with E-state index < -0.39 is 11.8 Å². The summed E-state index contributed by atoms with van der Waals surface area (Å²) in [4.78, 5) is 16.4. The fourth-order valence-electron chi connectivity index (χ4n) is 3.98. The van der Waals surface area contributed by atoms with Crippen molar-refractivity contribution in [3.63, 3.8) is 0 Å². The van der Waals surface area contributed by atoms with Crippen LogP contribution < -0.4 is 0 Å². The Balaban J connectivity index is 1.93. The Morgan fingerprint density at radius 2 is 1.76 bits per heavy atom. The summed E-state index contributed by atoms with van der Waals surface area (Å²) in [5.74, 6) is -0.116. The largest absolute Gasteiger partial charge is 0.478 e. The highest BCUT2D eigenvalue weighted by atomic mass is 16.7. The molecule has 0 aliphatic heterocycles. The monoisotopic (exact) mass is 451 g/mol. The number of nitrogens with zero attached hydrogens (tertiary/aromatic N) is 3. The number of hydrogen-bond acceptors (Lipinski definition) is 5. The van der Waals surface area contributed by atoms with E-state index in [9.17, 15) is 9.90 Å². The predicted molar refractivity (Wildman–Crippen MR) is 127 cm³/mol. The third-order valence-corrected chi connectivity index (χ3v) is 5.65. The van der Waals surface area contributed by atoms with Crippen LogP contribution in [0, 0.1) is 5.92 Å². The lowest BCUT2D eigenvalue weighted by atomic mass is 9.98. The molecule has 0 spiro atoms. The SMILES string of the molecule is CCCC(OC)(OC)c1nc(Cc2ccc(-c3ccccc3C(=O)O)cc2)n(CC(C)C)n1. The standard InChI is InChI=1S/C26H33N3O4/c1-6-15-26(32-4,33-5)25-27-23(29(28-25)17-18(2)3)16-19-11-13-20(14-12-19)21-9-7-8-10-22(21)24(30)31/h7-14,18H,6,15-17H2,1-5H3,(H,30,31). The third-order valence-electron chi connectivity index (χ3n) is 5.65. The second kappa shape index (κ2) is 10.7. The number of rotatable bonds is 11. The highest BCUT2D eigenvalue weighted by Gasteiger charge is 2.36. The Morgan fingerprint density at radius 3 is 2.33 bits per heavy atom. The molecule has 0 saturated carbocycles. The smallest absolute Gasteiger partial charge is 0.336 e. The molecule has 0 fully saturated rings. The van der Waals surface area contributed by atoms with Gasteiger partial charge in [-0.2, -0.15) is 5.10 Å². The summed E-state index contributed by atoms with van der Waals surface area (Å²) in [6, 6.07) is 14.9. The van der Waals surface area contributed by atoms with Crippen LogP contribution >= 0.6 is 0 Å². The van der Waals surface area contributed by atoms with Gasteiger partial charge in [0.1, 0.15) is 5.82 Å². The molecular weight excluding hydrogens is 418 g/mol. The van der Waals surface area contributed by atoms with Crippen LogP contribution in [0.15, 0.2) is 48.5 Å². The highest BCUT2D eigenvalue weighted by molar-refractivity contribution is 5.95. The molecule has 0 unspecified atom stereocenters. The van der Waals surface area contributed by atoms with E-state index in [1.165, 1.54) is 0 Å². The summed E-state index contributed by atoms with van der Waals surface area (Å²) in [7, 11) is 3.24. The van der Waals surface area contributed by atoms with Gasteiger partial charge in [0, 0.05) is 33.6 Å². The molecule has 0 amide bonds. The first-order chi connectivity index (χ1) is 15.8. The van der Waals surface area contributed by atoms with Crippen LogP contribution in [0.2, 0.25) is 0 Å². The van der Waals surface area contributed by atoms with Crippen molar-refractivity contribution < 1.29 is 19.4 Å². The lowest BCUT2D eigenvalue weighted by Gasteiger charge is -2.27. The van der Waals surface area contributed by atoms with E-state index in [1.54, 1.807) is 26.4 Å². The zero-order valence-electron chi connectivity index (χ0n) is 20.0. The Morgan fingerprint density at radius 1 is 1.09 bits per heavy atom. The summed E-state index contributed by atoms with van der Waals surface area (Å²) in [6.45, 7) is 7.10. The lowest BCUT2D eigenvalue weighted by Crippen LogP contribution is -2.32. The Kier molecular flexibility index (Phi) is 8.00. The first-order valence-corrected chi connectivity index (χ1v) is 11.3. The van der Waals surface area contributed by atoms with Crippen molar-refractivity contribution in [3.8, 4) is 11.1 Å². The van der Waals surface area contributed by atoms with Gasteiger partial charge in [0.05, 0.1) is 5.56 Å². The second-order valence-electron chi connectivity index (χ2n) is 8.56. The molecule has 1 N–H and O–H groups in total. The topological polar surface area (TPSA) is 86.5 Å². The molecule has 0 aliphatic rings. The summed E-state index contributed by atoms with van der Waals surface area (Å²) in [5, 5.41) is 14.3. The number of hydrogen-bond donors (Lipinski definition) is 1. The fraction of sp³-hybridized carbons (Fsp3) is 0.423. The third kappa shape index (κ3) is 5.49. The molecule has 0 radical (unpaired) electrons. The van der Waals surface area contributed by atoms with Crippen molar-refractivity contribution >= 4 is 5.97 Å². The lowest BCUT2D eigenvalue weighted by molar-refractivity contribution is -0.225. The molecule has 0 saturated heterocycles. The van der Waals surface area contributed by atoms with Crippen LogP contribution in [-0.2, 0) is 28.2 Å². The summed E-state index contributed by atoms with van der Waals surface area (Å²) < 4.78 is 13.4. The molecule has 7 heteroatoms. The average Bonchev–Trinajstić information content (AvgIpc) is 3.19. The van der Waals surface area contributed by atoms with E-state index in [2.05, 4.69) is 20.8 Å². The number of carboxylic acids is 1. The fourth-order valence-corrected chi connectivity index (χ4v) is 3.98. The molecule has 7 nitrogen and oxygen atoms in total. The number of carboxylic acid groups (broad SMARTS) is 1. The van der Waals surface area contributed by atoms with Crippen molar-refractivity contribution in [2.45, 2.75) is 52.4 Å². The van der Waals surface area contributed by atoms with Crippen LogP contribution in [0.4, 0.5) is 0 Å². The van der Waals surface area contributed by atoms with E-state index in [4.69, 9.17) is 19.6 Å². The quantitative estimate of drug-likeness (QED) is 0.407. The van der Waals surface area contributed by atoms with Crippen LogP contribution in [0.3, 0.4) is 0 Å². The van der Waals surface area contributed by atoms with Gasteiger partial charge in [-0.15, -0.1) is 0 Å². The highest BCUT2D eigenvalue weighted by Crippen LogP contribution is 2.30. The molecule has 1 heterocycles. The number of ether oxygens (including phenoxy) is 2. The minimum atomic E-state index is -0.962. The van der Waals surface area contributed by atoms with Gasteiger partial charge >= 0.3 is 5.97 Å². The summed E-state index contributed by atoms with van der Waals surface area (Å²) >= 11 is 0. The maximum absolute atomic E-state index is 11.6. The Bertz CT molecular complexity index is 1070. The van der Waals surface area contributed by atoms with E-state index in [0.717, 1.165) is 29.9 Å². The second-order valence-corrected chi connectivity index (χ2v) is 8.56.